The van der Waals surface area contributed by atoms with Gasteiger partial charge in [0.15, 0.2) is 0 Å². The first-order chi connectivity index (χ1) is 9.45. The highest BCUT2D eigenvalue weighted by Crippen LogP contribution is 2.19. The molecule has 0 aliphatic rings. The Morgan fingerprint density at radius 2 is 2.05 bits per heavy atom. The van der Waals surface area contributed by atoms with Crippen LogP contribution in [-0.4, -0.2) is 15.6 Å². The van der Waals surface area contributed by atoms with Crippen molar-refractivity contribution < 1.29 is 9.90 Å². The number of aromatic nitrogens is 1. The summed E-state index contributed by atoms with van der Waals surface area (Å²) in [5, 5.41) is 9.74. The Morgan fingerprint density at radius 1 is 1.35 bits per heavy atom. The third-order valence-corrected chi connectivity index (χ3v) is 3.43. The highest BCUT2D eigenvalue weighted by molar-refractivity contribution is 6.30. The van der Waals surface area contributed by atoms with Crippen molar-refractivity contribution in [2.45, 2.75) is 20.3 Å². The lowest BCUT2D eigenvalue weighted by molar-refractivity contribution is 0.0694. The van der Waals surface area contributed by atoms with E-state index >= 15 is 0 Å². The van der Waals surface area contributed by atoms with Gasteiger partial charge in [-0.15, -0.1) is 0 Å². The number of aryl methyl sites for hydroxylation is 2. The van der Waals surface area contributed by atoms with Crippen molar-refractivity contribution in [1.29, 1.82) is 0 Å². The third kappa shape index (κ3) is 2.47. The molecule has 4 nitrogen and oxygen atoms in total. The Kier molecular flexibility index (Phi) is 3.95. The molecular formula is C15H14ClNO3. The summed E-state index contributed by atoms with van der Waals surface area (Å²) < 4.78 is 1.35. The number of carboxylic acids is 1. The second-order valence-electron chi connectivity index (χ2n) is 4.48. The minimum atomic E-state index is -1.21. The topological polar surface area (TPSA) is 59.3 Å². The van der Waals surface area contributed by atoms with Crippen molar-refractivity contribution >= 4 is 17.6 Å². The zero-order chi connectivity index (χ0) is 14.9. The summed E-state index contributed by atoms with van der Waals surface area (Å²) in [6.07, 6.45) is 2.28. The van der Waals surface area contributed by atoms with Crippen LogP contribution in [0.5, 0.6) is 0 Å². The quantitative estimate of drug-likeness (QED) is 0.945. The van der Waals surface area contributed by atoms with Gasteiger partial charge in [-0.2, -0.15) is 0 Å². The van der Waals surface area contributed by atoms with Crippen LogP contribution in [0.4, 0.5) is 0 Å². The van der Waals surface area contributed by atoms with Gasteiger partial charge in [0, 0.05) is 11.2 Å². The molecule has 0 spiro atoms. The first kappa shape index (κ1) is 14.3. The lowest BCUT2D eigenvalue weighted by atomic mass is 10.1. The summed E-state index contributed by atoms with van der Waals surface area (Å²) in [6, 6.07) is 6.81. The van der Waals surface area contributed by atoms with Crippen molar-refractivity contribution in [3.63, 3.8) is 0 Å². The van der Waals surface area contributed by atoms with Crippen molar-refractivity contribution in [2.24, 2.45) is 0 Å². The van der Waals surface area contributed by atoms with Crippen LogP contribution in [0.25, 0.3) is 5.69 Å². The Morgan fingerprint density at radius 3 is 2.65 bits per heavy atom. The second-order valence-corrected chi connectivity index (χ2v) is 4.92. The van der Waals surface area contributed by atoms with E-state index < -0.39 is 11.5 Å². The van der Waals surface area contributed by atoms with Gasteiger partial charge in [0.25, 0.3) is 5.56 Å². The first-order valence-electron chi connectivity index (χ1n) is 6.20. The van der Waals surface area contributed by atoms with E-state index in [1.807, 2.05) is 6.92 Å². The number of benzene rings is 1. The Bertz CT molecular complexity index is 734. The maximum Gasteiger partial charge on any atom is 0.341 e. The molecule has 0 amide bonds. The number of pyridine rings is 1. The standard InChI is InChI=1S/C15H14ClNO3/c1-3-10-8-11(16)4-5-12(10)17-7-6-9(2)13(14(17)18)15(19)20/h4-8H,3H2,1-2H3,(H,19,20). The molecule has 0 atom stereocenters. The highest BCUT2D eigenvalue weighted by Gasteiger charge is 2.16. The van der Waals surface area contributed by atoms with Crippen molar-refractivity contribution in [3.05, 3.63) is 62.5 Å². The predicted octanol–water partition coefficient (Wildman–Crippen LogP) is 3.06. The molecule has 0 fully saturated rings. The summed E-state index contributed by atoms with van der Waals surface area (Å²) in [4.78, 5) is 23.5. The van der Waals surface area contributed by atoms with Crippen LogP contribution in [0.1, 0.15) is 28.4 Å². The molecule has 0 aliphatic heterocycles. The maximum atomic E-state index is 12.3. The van der Waals surface area contributed by atoms with E-state index in [-0.39, 0.29) is 5.56 Å². The van der Waals surface area contributed by atoms with E-state index in [4.69, 9.17) is 16.7 Å². The summed E-state index contributed by atoms with van der Waals surface area (Å²) in [5.41, 5.74) is 1.26. The van der Waals surface area contributed by atoms with Crippen molar-refractivity contribution in [1.82, 2.24) is 4.57 Å². The molecule has 0 aliphatic carbocycles. The lowest BCUT2D eigenvalue weighted by Crippen LogP contribution is -2.26. The summed E-state index contributed by atoms with van der Waals surface area (Å²) >= 11 is 5.95. The smallest absolute Gasteiger partial charge is 0.341 e. The van der Waals surface area contributed by atoms with Crippen LogP contribution in [0.15, 0.2) is 35.3 Å². The number of aromatic carboxylic acids is 1. The van der Waals surface area contributed by atoms with Gasteiger partial charge >= 0.3 is 5.97 Å². The Hall–Kier alpha value is -2.07. The molecule has 0 unspecified atom stereocenters. The molecule has 20 heavy (non-hydrogen) atoms. The monoisotopic (exact) mass is 291 g/mol. The molecule has 2 rings (SSSR count). The number of hydrogen-bond acceptors (Lipinski definition) is 2. The zero-order valence-electron chi connectivity index (χ0n) is 11.2. The van der Waals surface area contributed by atoms with E-state index in [9.17, 15) is 9.59 Å². The SMILES string of the molecule is CCc1cc(Cl)ccc1-n1ccc(C)c(C(=O)O)c1=O. The summed E-state index contributed by atoms with van der Waals surface area (Å²) in [6.45, 7) is 3.56. The zero-order valence-corrected chi connectivity index (χ0v) is 11.9. The van der Waals surface area contributed by atoms with Gasteiger partial charge in [-0.1, -0.05) is 18.5 Å². The number of carboxylic acid groups (broad SMARTS) is 1. The molecule has 5 heteroatoms. The van der Waals surface area contributed by atoms with Gasteiger partial charge in [0.1, 0.15) is 5.56 Å². The summed E-state index contributed by atoms with van der Waals surface area (Å²) in [7, 11) is 0. The number of hydrogen-bond donors (Lipinski definition) is 1. The van der Waals surface area contributed by atoms with E-state index in [0.29, 0.717) is 22.7 Å². The van der Waals surface area contributed by atoms with Crippen LogP contribution >= 0.6 is 11.6 Å². The predicted molar refractivity (Wildman–Crippen MR) is 78.1 cm³/mol. The second kappa shape index (κ2) is 5.51. The molecule has 0 saturated heterocycles. The van der Waals surface area contributed by atoms with Crippen LogP contribution in [-0.2, 0) is 6.42 Å². The minimum Gasteiger partial charge on any atom is -0.477 e. The minimum absolute atomic E-state index is 0.204. The van der Waals surface area contributed by atoms with Gasteiger partial charge in [0.2, 0.25) is 0 Å². The fourth-order valence-corrected chi connectivity index (χ4v) is 2.34. The van der Waals surface area contributed by atoms with Crippen LogP contribution < -0.4 is 5.56 Å². The van der Waals surface area contributed by atoms with Crippen molar-refractivity contribution in [3.8, 4) is 5.69 Å². The van der Waals surface area contributed by atoms with Crippen LogP contribution in [0, 0.1) is 6.92 Å². The average molecular weight is 292 g/mol. The van der Waals surface area contributed by atoms with Gasteiger partial charge < -0.3 is 5.11 Å². The third-order valence-electron chi connectivity index (χ3n) is 3.20. The van der Waals surface area contributed by atoms with Crippen molar-refractivity contribution in [2.75, 3.05) is 0 Å². The lowest BCUT2D eigenvalue weighted by Gasteiger charge is -2.12. The molecule has 0 bridgehead atoms. The highest BCUT2D eigenvalue weighted by atomic mass is 35.5. The molecule has 104 valence electrons. The van der Waals surface area contributed by atoms with Crippen LogP contribution in [0.2, 0.25) is 5.02 Å². The Balaban J connectivity index is 2.75. The van der Waals surface area contributed by atoms with E-state index in [1.165, 1.54) is 4.57 Å². The molecule has 0 radical (unpaired) electrons. The molecule has 1 aromatic carbocycles. The van der Waals surface area contributed by atoms with E-state index in [1.54, 1.807) is 37.4 Å². The normalized spacial score (nSPS) is 10.6. The van der Waals surface area contributed by atoms with Gasteiger partial charge in [-0.05, 0) is 48.7 Å². The van der Waals surface area contributed by atoms with Gasteiger partial charge in [0.05, 0.1) is 5.69 Å². The fourth-order valence-electron chi connectivity index (χ4n) is 2.15. The summed E-state index contributed by atoms with van der Waals surface area (Å²) in [5.74, 6) is -1.21. The largest absolute Gasteiger partial charge is 0.477 e. The number of halogens is 1. The number of carbonyl (C=O) groups is 1. The van der Waals surface area contributed by atoms with Crippen LogP contribution in [0.3, 0.4) is 0 Å². The molecule has 1 heterocycles. The van der Waals surface area contributed by atoms with E-state index in [2.05, 4.69) is 0 Å². The average Bonchev–Trinajstić information content (AvgIpc) is 2.39. The number of nitrogens with zero attached hydrogens (tertiary/aromatic N) is 1. The van der Waals surface area contributed by atoms with Gasteiger partial charge in [-0.3, -0.25) is 9.36 Å². The molecule has 1 aromatic heterocycles. The Labute approximate surface area is 121 Å². The molecular weight excluding hydrogens is 278 g/mol. The fraction of sp³-hybridized carbons (Fsp3) is 0.200. The number of rotatable bonds is 3. The molecule has 1 N–H and O–H groups in total. The first-order valence-corrected chi connectivity index (χ1v) is 6.57. The molecule has 2 aromatic rings. The maximum absolute atomic E-state index is 12.3. The van der Waals surface area contributed by atoms with E-state index in [0.717, 1.165) is 5.56 Å². The van der Waals surface area contributed by atoms with Gasteiger partial charge in [-0.25, -0.2) is 4.79 Å². The molecule has 0 saturated carbocycles.